The molecule has 9 nitrogen and oxygen atoms in total. The minimum atomic E-state index is -3.01. The van der Waals surface area contributed by atoms with Gasteiger partial charge in [-0.15, -0.1) is 0 Å². The monoisotopic (exact) mass is 510 g/mol. The largest absolute Gasteiger partial charge is 0.389 e. The van der Waals surface area contributed by atoms with Crippen molar-refractivity contribution in [1.82, 2.24) is 24.4 Å². The van der Waals surface area contributed by atoms with Crippen LogP contribution in [0.25, 0.3) is 17.4 Å². The fraction of sp³-hybridized carbons (Fsp3) is 0.208. The van der Waals surface area contributed by atoms with Crippen molar-refractivity contribution >= 4 is 28.9 Å². The van der Waals surface area contributed by atoms with Crippen LogP contribution in [0.4, 0.5) is 23.4 Å². The van der Waals surface area contributed by atoms with Crippen LogP contribution in [0.2, 0.25) is 0 Å². The van der Waals surface area contributed by atoms with E-state index in [0.717, 1.165) is 10.7 Å². The van der Waals surface area contributed by atoms with Gasteiger partial charge in [-0.1, -0.05) is 6.08 Å². The summed E-state index contributed by atoms with van der Waals surface area (Å²) in [6.45, 7) is 1.97. The SMILES string of the molecule is Cc1nc2c(C#N)c(C(F)F)nn2c(N2CC(O)C2)c1\C=C1/C=CC(n2cccn2)=C(F)/C1=N\C=C\F. The number of allylic oxidation sites excluding steroid dienone is 5. The number of nitrogens with zero attached hydrogens (tertiary/aromatic N) is 8. The first-order valence-corrected chi connectivity index (χ1v) is 11.0. The number of halogens is 4. The Labute approximate surface area is 207 Å². The second kappa shape index (κ2) is 9.47. The molecule has 0 unspecified atom stereocenters. The molecule has 2 aliphatic rings. The highest BCUT2D eigenvalue weighted by molar-refractivity contribution is 6.20. The van der Waals surface area contributed by atoms with Gasteiger partial charge in [-0.2, -0.15) is 20.0 Å². The fourth-order valence-corrected chi connectivity index (χ4v) is 4.20. The lowest BCUT2D eigenvalue weighted by Gasteiger charge is -2.38. The van der Waals surface area contributed by atoms with Gasteiger partial charge in [0.2, 0.25) is 0 Å². The lowest BCUT2D eigenvalue weighted by Crippen LogP contribution is -2.52. The van der Waals surface area contributed by atoms with Gasteiger partial charge in [-0.25, -0.2) is 27.2 Å². The number of aliphatic hydroxyl groups excluding tert-OH is 1. The molecule has 1 fully saturated rings. The first-order valence-electron chi connectivity index (χ1n) is 11.0. The highest BCUT2D eigenvalue weighted by Gasteiger charge is 2.33. The number of alkyl halides is 2. The van der Waals surface area contributed by atoms with Crippen molar-refractivity contribution in [1.29, 1.82) is 5.26 Å². The molecule has 188 valence electrons. The van der Waals surface area contributed by atoms with Crippen LogP contribution in [-0.4, -0.2) is 54.4 Å². The summed E-state index contributed by atoms with van der Waals surface area (Å²) in [5.41, 5.74) is -0.296. The van der Waals surface area contributed by atoms with Gasteiger partial charge in [-0.05, 0) is 25.1 Å². The van der Waals surface area contributed by atoms with Gasteiger partial charge in [0.1, 0.15) is 40.9 Å². The van der Waals surface area contributed by atoms with Gasteiger partial charge in [0.05, 0.1) is 18.0 Å². The van der Waals surface area contributed by atoms with Gasteiger partial charge < -0.3 is 10.0 Å². The van der Waals surface area contributed by atoms with Gasteiger partial charge in [0, 0.05) is 36.6 Å². The molecule has 3 aromatic heterocycles. The average Bonchev–Trinajstić information content (AvgIpc) is 3.50. The first-order chi connectivity index (χ1) is 17.8. The van der Waals surface area contributed by atoms with Gasteiger partial charge in [0.25, 0.3) is 6.43 Å². The quantitative estimate of drug-likeness (QED) is 0.522. The molecule has 1 aliphatic carbocycles. The predicted molar refractivity (Wildman–Crippen MR) is 127 cm³/mol. The van der Waals surface area contributed by atoms with Crippen LogP contribution in [0, 0.1) is 18.3 Å². The number of aliphatic hydroxyl groups is 1. The molecule has 4 heterocycles. The Balaban J connectivity index is 1.73. The number of hydrogen-bond acceptors (Lipinski definition) is 7. The number of aliphatic imine (C=N–C) groups is 1. The van der Waals surface area contributed by atoms with Gasteiger partial charge in [-0.3, -0.25) is 4.99 Å². The molecule has 1 saturated heterocycles. The molecule has 0 bridgehead atoms. The summed E-state index contributed by atoms with van der Waals surface area (Å²) in [6, 6.07) is 3.36. The second-order valence-corrected chi connectivity index (χ2v) is 8.24. The van der Waals surface area contributed by atoms with E-state index in [0.29, 0.717) is 17.1 Å². The van der Waals surface area contributed by atoms with Crippen molar-refractivity contribution in [3.63, 3.8) is 0 Å². The molecule has 0 aromatic carbocycles. The van der Waals surface area contributed by atoms with Crippen molar-refractivity contribution in [3.05, 3.63) is 77.1 Å². The smallest absolute Gasteiger partial charge is 0.283 e. The van der Waals surface area contributed by atoms with E-state index < -0.39 is 24.1 Å². The van der Waals surface area contributed by atoms with Crippen molar-refractivity contribution in [3.8, 4) is 6.07 Å². The van der Waals surface area contributed by atoms with E-state index >= 15 is 4.39 Å². The number of nitriles is 1. The van der Waals surface area contributed by atoms with Crippen LogP contribution < -0.4 is 4.90 Å². The highest BCUT2D eigenvalue weighted by atomic mass is 19.3. The molecule has 13 heteroatoms. The molecular weight excluding hydrogens is 492 g/mol. The summed E-state index contributed by atoms with van der Waals surface area (Å²) >= 11 is 0. The van der Waals surface area contributed by atoms with Crippen LogP contribution >= 0.6 is 0 Å². The van der Waals surface area contributed by atoms with Crippen molar-refractivity contribution in [2.45, 2.75) is 19.5 Å². The zero-order valence-corrected chi connectivity index (χ0v) is 19.2. The Bertz CT molecular complexity index is 1570. The van der Waals surface area contributed by atoms with E-state index in [2.05, 4.69) is 20.2 Å². The summed E-state index contributed by atoms with van der Waals surface area (Å²) in [4.78, 5) is 9.96. The second-order valence-electron chi connectivity index (χ2n) is 8.24. The minimum absolute atomic E-state index is 0.0608. The minimum Gasteiger partial charge on any atom is -0.389 e. The van der Waals surface area contributed by atoms with E-state index in [1.54, 1.807) is 30.0 Å². The topological polar surface area (TPSA) is 108 Å². The molecule has 5 rings (SSSR count). The first kappa shape index (κ1) is 24.1. The Hall–Kier alpha value is -4.57. The molecule has 0 saturated carbocycles. The van der Waals surface area contributed by atoms with Gasteiger partial charge in [0.15, 0.2) is 11.5 Å². The molecule has 1 aliphatic heterocycles. The van der Waals surface area contributed by atoms with Crippen LogP contribution in [0.3, 0.4) is 0 Å². The van der Waals surface area contributed by atoms with E-state index in [1.807, 2.05) is 0 Å². The summed E-state index contributed by atoms with van der Waals surface area (Å²) < 4.78 is 58.1. The summed E-state index contributed by atoms with van der Waals surface area (Å²) in [5, 5.41) is 27.4. The molecule has 1 N–H and O–H groups in total. The third-order valence-corrected chi connectivity index (χ3v) is 5.91. The summed E-state index contributed by atoms with van der Waals surface area (Å²) in [5.74, 6) is -0.478. The third kappa shape index (κ3) is 4.11. The van der Waals surface area contributed by atoms with Crippen molar-refractivity contribution < 1.29 is 22.7 Å². The molecule has 0 atom stereocenters. The summed E-state index contributed by atoms with van der Waals surface area (Å²) in [7, 11) is 0. The van der Waals surface area contributed by atoms with Crippen LogP contribution in [0.15, 0.2) is 59.5 Å². The molecule has 0 radical (unpaired) electrons. The maximum Gasteiger partial charge on any atom is 0.283 e. The lowest BCUT2D eigenvalue weighted by molar-refractivity contribution is 0.139. The molecule has 37 heavy (non-hydrogen) atoms. The number of aryl methyl sites for hydroxylation is 1. The molecule has 0 spiro atoms. The van der Waals surface area contributed by atoms with Crippen molar-refractivity contribution in [2.24, 2.45) is 4.99 Å². The summed E-state index contributed by atoms with van der Waals surface area (Å²) in [6.07, 6.45) is 4.86. The Morgan fingerprint density at radius 2 is 2.08 bits per heavy atom. The highest BCUT2D eigenvalue weighted by Crippen LogP contribution is 2.35. The number of hydrogen-bond donors (Lipinski definition) is 1. The molecule has 3 aromatic rings. The number of rotatable bonds is 5. The third-order valence-electron chi connectivity index (χ3n) is 5.91. The van der Waals surface area contributed by atoms with Crippen molar-refractivity contribution in [2.75, 3.05) is 18.0 Å². The van der Waals surface area contributed by atoms with Gasteiger partial charge >= 0.3 is 0 Å². The van der Waals surface area contributed by atoms with E-state index in [1.165, 1.54) is 29.2 Å². The predicted octanol–water partition coefficient (Wildman–Crippen LogP) is 3.90. The molecule has 0 amide bonds. The normalized spacial score (nSPS) is 18.7. The number of β-amino-alcohol motifs (C(OH)–C–C–N with tert-alkyl or cyclic N) is 1. The van der Waals surface area contributed by atoms with Crippen LogP contribution in [0.5, 0.6) is 0 Å². The lowest BCUT2D eigenvalue weighted by atomic mass is 9.98. The zero-order chi connectivity index (χ0) is 26.3. The standard InChI is InChI=1S/C24H18F4N8O/c1-13-16(9-14-3-4-18(35-8-2-6-31-35)19(26)20(14)30-7-5-25)24(34-11-15(37)12-34)36-23(32-13)17(10-29)21(33-36)22(27)28/h2-9,15,22,37H,11-12H2,1H3/b7-5+,14-9+,30-20-. The Morgan fingerprint density at radius 1 is 1.30 bits per heavy atom. The number of anilines is 1. The maximum atomic E-state index is 15.5. The zero-order valence-electron chi connectivity index (χ0n) is 19.2. The van der Waals surface area contributed by atoms with Crippen LogP contribution in [0.1, 0.15) is 28.9 Å². The van der Waals surface area contributed by atoms with Crippen LogP contribution in [-0.2, 0) is 0 Å². The fourth-order valence-electron chi connectivity index (χ4n) is 4.20. The number of fused-ring (bicyclic) bond motifs is 1. The number of aromatic nitrogens is 5. The Morgan fingerprint density at radius 3 is 2.70 bits per heavy atom. The van der Waals surface area contributed by atoms with E-state index in [9.17, 15) is 23.5 Å². The van der Waals surface area contributed by atoms with E-state index in [-0.39, 0.29) is 47.6 Å². The van der Waals surface area contributed by atoms with E-state index in [4.69, 9.17) is 0 Å². The maximum absolute atomic E-state index is 15.5. The Kier molecular flexibility index (Phi) is 6.18. The molecular formula is C24H18F4N8O. The average molecular weight is 510 g/mol.